The van der Waals surface area contributed by atoms with Gasteiger partial charge in [-0.3, -0.25) is 4.79 Å². The van der Waals surface area contributed by atoms with Crippen molar-refractivity contribution in [1.29, 1.82) is 0 Å². The molecule has 2 aromatic rings. The molecule has 0 aliphatic carbocycles. The topological polar surface area (TPSA) is 75.3 Å². The molecule has 0 radical (unpaired) electrons. The van der Waals surface area contributed by atoms with Crippen LogP contribution in [0.25, 0.3) is 0 Å². The summed E-state index contributed by atoms with van der Waals surface area (Å²) in [5.74, 6) is 3.01. The number of rotatable bonds is 6. The van der Waals surface area contributed by atoms with Gasteiger partial charge in [0.1, 0.15) is 11.5 Å². The number of benzene rings is 2. The number of ether oxygens (including phenoxy) is 5. The molecule has 2 aliphatic heterocycles. The first-order valence-electron chi connectivity index (χ1n) is 9.17. The number of hydrogen-bond acceptors (Lipinski definition) is 6. The standard InChI is InChI=1S/C21H23NO6/c1-24-17-9-13(10-18(25-2)21(17)26-3)22-19(23)11-15-14-5-7-27-16(14)8-12-4-6-28-20(12)15/h8-10H,4-7,11H2,1-3H3,(H,22,23). The third-order valence-electron chi connectivity index (χ3n) is 5.05. The van der Waals surface area contributed by atoms with Crippen molar-refractivity contribution < 1.29 is 28.5 Å². The Kier molecular flexibility index (Phi) is 4.90. The zero-order valence-corrected chi connectivity index (χ0v) is 16.2. The molecule has 0 fully saturated rings. The monoisotopic (exact) mass is 385 g/mol. The smallest absolute Gasteiger partial charge is 0.228 e. The van der Waals surface area contributed by atoms with E-state index in [9.17, 15) is 4.79 Å². The Hall–Kier alpha value is -3.09. The highest BCUT2D eigenvalue weighted by Gasteiger charge is 2.27. The summed E-state index contributed by atoms with van der Waals surface area (Å²) < 4.78 is 27.5. The average molecular weight is 385 g/mol. The summed E-state index contributed by atoms with van der Waals surface area (Å²) in [6.45, 7) is 1.28. The molecule has 0 bridgehead atoms. The molecule has 0 aromatic heterocycles. The molecule has 28 heavy (non-hydrogen) atoms. The third kappa shape index (κ3) is 3.17. The number of fused-ring (bicyclic) bond motifs is 2. The van der Waals surface area contributed by atoms with Crippen LogP contribution in [0.5, 0.6) is 28.7 Å². The van der Waals surface area contributed by atoms with Gasteiger partial charge in [-0.1, -0.05) is 0 Å². The van der Waals surface area contributed by atoms with E-state index in [2.05, 4.69) is 5.32 Å². The van der Waals surface area contributed by atoms with Crippen LogP contribution >= 0.6 is 0 Å². The van der Waals surface area contributed by atoms with E-state index in [0.717, 1.165) is 41.0 Å². The van der Waals surface area contributed by atoms with E-state index in [0.29, 0.717) is 36.1 Å². The average Bonchev–Trinajstić information content (AvgIpc) is 3.36. The molecular weight excluding hydrogens is 362 g/mol. The molecule has 0 atom stereocenters. The van der Waals surface area contributed by atoms with Crippen LogP contribution in [-0.4, -0.2) is 40.5 Å². The molecule has 0 unspecified atom stereocenters. The molecule has 4 rings (SSSR count). The molecule has 2 heterocycles. The van der Waals surface area contributed by atoms with Gasteiger partial charge in [0, 0.05) is 47.4 Å². The fourth-order valence-corrected chi connectivity index (χ4v) is 3.79. The fraction of sp³-hybridized carbons (Fsp3) is 0.381. The highest BCUT2D eigenvalue weighted by Crippen LogP contribution is 2.42. The van der Waals surface area contributed by atoms with Gasteiger partial charge in [0.25, 0.3) is 0 Å². The predicted octanol–water partition coefficient (Wildman–Crippen LogP) is 2.76. The van der Waals surface area contributed by atoms with E-state index in [-0.39, 0.29) is 12.3 Å². The maximum absolute atomic E-state index is 12.8. The Morgan fingerprint density at radius 2 is 1.71 bits per heavy atom. The van der Waals surface area contributed by atoms with Crippen LogP contribution in [0.2, 0.25) is 0 Å². The second kappa shape index (κ2) is 7.50. The Balaban J connectivity index is 1.60. The summed E-state index contributed by atoms with van der Waals surface area (Å²) in [5.41, 5.74) is 3.67. The molecule has 2 aliphatic rings. The number of hydrogen-bond donors (Lipinski definition) is 1. The third-order valence-corrected chi connectivity index (χ3v) is 5.05. The first kappa shape index (κ1) is 18.3. The fourth-order valence-electron chi connectivity index (χ4n) is 3.79. The van der Waals surface area contributed by atoms with Crippen LogP contribution in [-0.2, 0) is 24.1 Å². The second-order valence-electron chi connectivity index (χ2n) is 6.66. The summed E-state index contributed by atoms with van der Waals surface area (Å²) in [6, 6.07) is 5.46. The Morgan fingerprint density at radius 1 is 1.00 bits per heavy atom. The number of anilines is 1. The molecule has 0 spiro atoms. The van der Waals surface area contributed by atoms with Gasteiger partial charge in [0.05, 0.1) is 41.0 Å². The van der Waals surface area contributed by atoms with Crippen LogP contribution in [0, 0.1) is 0 Å². The van der Waals surface area contributed by atoms with Gasteiger partial charge in [-0.25, -0.2) is 0 Å². The lowest BCUT2D eigenvalue weighted by Crippen LogP contribution is -2.16. The maximum atomic E-state index is 12.8. The molecule has 1 N–H and O–H groups in total. The highest BCUT2D eigenvalue weighted by molar-refractivity contribution is 5.94. The molecule has 0 saturated heterocycles. The van der Waals surface area contributed by atoms with Gasteiger partial charge < -0.3 is 29.0 Å². The first-order valence-corrected chi connectivity index (χ1v) is 9.17. The van der Waals surface area contributed by atoms with Crippen molar-refractivity contribution in [2.75, 3.05) is 39.9 Å². The van der Waals surface area contributed by atoms with E-state index in [1.54, 1.807) is 12.1 Å². The van der Waals surface area contributed by atoms with Gasteiger partial charge in [0.2, 0.25) is 11.7 Å². The van der Waals surface area contributed by atoms with Gasteiger partial charge in [-0.2, -0.15) is 0 Å². The second-order valence-corrected chi connectivity index (χ2v) is 6.66. The van der Waals surface area contributed by atoms with Crippen molar-refractivity contribution in [3.05, 3.63) is 34.9 Å². The molecule has 1 amide bonds. The zero-order chi connectivity index (χ0) is 19.7. The van der Waals surface area contributed by atoms with Crippen molar-refractivity contribution in [2.24, 2.45) is 0 Å². The summed E-state index contributed by atoms with van der Waals surface area (Å²) in [6.07, 6.45) is 1.85. The minimum Gasteiger partial charge on any atom is -0.493 e. The van der Waals surface area contributed by atoms with Crippen molar-refractivity contribution in [2.45, 2.75) is 19.3 Å². The summed E-state index contributed by atoms with van der Waals surface area (Å²) in [4.78, 5) is 12.8. The van der Waals surface area contributed by atoms with Crippen LogP contribution in [0.1, 0.15) is 16.7 Å². The number of nitrogens with one attached hydrogen (secondary N) is 1. The summed E-state index contributed by atoms with van der Waals surface area (Å²) in [7, 11) is 4.62. The van der Waals surface area contributed by atoms with Gasteiger partial charge >= 0.3 is 0 Å². The maximum Gasteiger partial charge on any atom is 0.228 e. The van der Waals surface area contributed by atoms with E-state index in [1.807, 2.05) is 6.07 Å². The molecule has 7 heteroatoms. The molecule has 2 aromatic carbocycles. The summed E-state index contributed by atoms with van der Waals surface area (Å²) >= 11 is 0. The Morgan fingerprint density at radius 3 is 2.39 bits per heavy atom. The first-order chi connectivity index (χ1) is 13.6. The zero-order valence-electron chi connectivity index (χ0n) is 16.2. The Labute approximate surface area is 163 Å². The van der Waals surface area contributed by atoms with Crippen LogP contribution in [0.4, 0.5) is 5.69 Å². The highest BCUT2D eigenvalue weighted by atomic mass is 16.5. The largest absolute Gasteiger partial charge is 0.493 e. The van der Waals surface area contributed by atoms with Crippen molar-refractivity contribution >= 4 is 11.6 Å². The van der Waals surface area contributed by atoms with Crippen molar-refractivity contribution in [3.8, 4) is 28.7 Å². The number of methoxy groups -OCH3 is 3. The molecule has 7 nitrogen and oxygen atoms in total. The quantitative estimate of drug-likeness (QED) is 0.824. The van der Waals surface area contributed by atoms with E-state index in [4.69, 9.17) is 23.7 Å². The lowest BCUT2D eigenvalue weighted by molar-refractivity contribution is -0.115. The molecule has 148 valence electrons. The van der Waals surface area contributed by atoms with Gasteiger partial charge in [-0.05, 0) is 6.07 Å². The minimum absolute atomic E-state index is 0.146. The lowest BCUT2D eigenvalue weighted by Gasteiger charge is -2.16. The number of carbonyl (C=O) groups is 1. The van der Waals surface area contributed by atoms with Gasteiger partial charge in [-0.15, -0.1) is 0 Å². The number of amides is 1. The van der Waals surface area contributed by atoms with Crippen molar-refractivity contribution in [1.82, 2.24) is 0 Å². The van der Waals surface area contributed by atoms with E-state index >= 15 is 0 Å². The number of carbonyl (C=O) groups excluding carboxylic acids is 1. The molecular formula is C21H23NO6. The van der Waals surface area contributed by atoms with Crippen molar-refractivity contribution in [3.63, 3.8) is 0 Å². The van der Waals surface area contributed by atoms with Crippen LogP contribution in [0.15, 0.2) is 18.2 Å². The molecule has 0 saturated carbocycles. The summed E-state index contributed by atoms with van der Waals surface area (Å²) in [5, 5.41) is 2.92. The van der Waals surface area contributed by atoms with Crippen LogP contribution < -0.4 is 29.0 Å². The lowest BCUT2D eigenvalue weighted by atomic mass is 9.97. The van der Waals surface area contributed by atoms with E-state index < -0.39 is 0 Å². The SMILES string of the molecule is COc1cc(NC(=O)Cc2c3c(cc4c2OCC4)OCC3)cc(OC)c1OC. The Bertz CT molecular complexity index is 866. The normalized spacial score (nSPS) is 13.8. The van der Waals surface area contributed by atoms with Crippen LogP contribution in [0.3, 0.4) is 0 Å². The predicted molar refractivity (Wildman–Crippen MR) is 103 cm³/mol. The minimum atomic E-state index is -0.146. The van der Waals surface area contributed by atoms with Gasteiger partial charge in [0.15, 0.2) is 11.5 Å². The van der Waals surface area contributed by atoms with E-state index in [1.165, 1.54) is 21.3 Å².